The summed E-state index contributed by atoms with van der Waals surface area (Å²) in [5.41, 5.74) is 12.2. The van der Waals surface area contributed by atoms with Gasteiger partial charge in [-0.05, 0) is 54.6 Å². The van der Waals surface area contributed by atoms with Gasteiger partial charge in [0, 0.05) is 49.0 Å². The second-order valence-corrected chi connectivity index (χ2v) is 13.9. The second-order valence-electron chi connectivity index (χ2n) is 13.9. The van der Waals surface area contributed by atoms with Crippen LogP contribution in [0.25, 0.3) is 98.5 Å². The maximum atomic E-state index is 11.1. The standard InChI is InChI=1S/C50H29N5/c1-52-32-28-29-38-37-17-5-10-23-44(37)55(49(38)30-32)46-25-12-19-33(40(46)31-51)34-14-2-7-20-41(34)54-45-24-11-6-18-39(45)50-47(26-13-27-48(50)54)53-42-21-8-3-15-35(42)36-16-4-9-22-43(36)53/h2-30H. The monoisotopic (exact) mass is 699 g/mol. The van der Waals surface area contributed by atoms with Crippen molar-refractivity contribution in [3.63, 3.8) is 0 Å². The third-order valence-electron chi connectivity index (χ3n) is 11.1. The topological polar surface area (TPSA) is 42.9 Å². The summed E-state index contributed by atoms with van der Waals surface area (Å²) in [4.78, 5) is 3.74. The Labute approximate surface area is 316 Å². The molecule has 0 aliphatic rings. The van der Waals surface area contributed by atoms with Gasteiger partial charge in [0.2, 0.25) is 0 Å². The van der Waals surface area contributed by atoms with Crippen molar-refractivity contribution >= 4 is 71.1 Å². The molecule has 0 saturated heterocycles. The lowest BCUT2D eigenvalue weighted by molar-refractivity contribution is 1.16. The van der Waals surface area contributed by atoms with Crippen molar-refractivity contribution in [3.8, 4) is 34.3 Å². The van der Waals surface area contributed by atoms with E-state index in [2.05, 4.69) is 152 Å². The molecule has 11 aromatic rings. The average molecular weight is 700 g/mol. The smallest absolute Gasteiger partial charge is 0.189 e. The summed E-state index contributed by atoms with van der Waals surface area (Å²) < 4.78 is 6.90. The van der Waals surface area contributed by atoms with Crippen LogP contribution in [0.1, 0.15) is 5.56 Å². The van der Waals surface area contributed by atoms with Crippen LogP contribution in [0.2, 0.25) is 0 Å². The first-order valence-corrected chi connectivity index (χ1v) is 18.3. The molecular formula is C50H29N5. The molecule has 0 unspecified atom stereocenters. The molecule has 0 bridgehead atoms. The molecule has 0 fully saturated rings. The minimum atomic E-state index is 0.559. The average Bonchev–Trinajstić information content (AvgIpc) is 3.89. The minimum absolute atomic E-state index is 0.559. The normalized spacial score (nSPS) is 11.6. The number of hydrogen-bond donors (Lipinski definition) is 0. The van der Waals surface area contributed by atoms with Gasteiger partial charge in [-0.1, -0.05) is 121 Å². The van der Waals surface area contributed by atoms with Crippen molar-refractivity contribution in [2.24, 2.45) is 0 Å². The molecule has 0 saturated carbocycles. The first-order valence-electron chi connectivity index (χ1n) is 18.3. The lowest BCUT2D eigenvalue weighted by atomic mass is 9.96. The molecular weight excluding hydrogens is 671 g/mol. The van der Waals surface area contributed by atoms with Crippen molar-refractivity contribution in [3.05, 3.63) is 193 Å². The number of hydrogen-bond acceptors (Lipinski definition) is 1. The predicted molar refractivity (Wildman–Crippen MR) is 226 cm³/mol. The predicted octanol–water partition coefficient (Wildman–Crippen LogP) is 13.1. The van der Waals surface area contributed by atoms with E-state index in [-0.39, 0.29) is 0 Å². The van der Waals surface area contributed by atoms with Gasteiger partial charge in [-0.15, -0.1) is 0 Å². The molecule has 0 N–H and O–H groups in total. The number of nitriles is 1. The van der Waals surface area contributed by atoms with Crippen LogP contribution < -0.4 is 0 Å². The number of benzene rings is 8. The Morgan fingerprint density at radius 1 is 0.400 bits per heavy atom. The Morgan fingerprint density at radius 2 is 0.855 bits per heavy atom. The molecule has 5 heteroatoms. The number of nitrogens with zero attached hydrogens (tertiary/aromatic N) is 5. The van der Waals surface area contributed by atoms with E-state index >= 15 is 0 Å². The van der Waals surface area contributed by atoms with Crippen LogP contribution in [0.15, 0.2) is 176 Å². The van der Waals surface area contributed by atoms with E-state index in [1.165, 1.54) is 10.8 Å². The Bertz CT molecular complexity index is 3420. The molecule has 3 heterocycles. The summed E-state index contributed by atoms with van der Waals surface area (Å²) >= 11 is 0. The third kappa shape index (κ3) is 4.33. The molecule has 11 rings (SSSR count). The lowest BCUT2D eigenvalue weighted by Gasteiger charge is -2.18. The summed E-state index contributed by atoms with van der Waals surface area (Å²) in [7, 11) is 0. The van der Waals surface area contributed by atoms with Gasteiger partial charge < -0.3 is 13.7 Å². The van der Waals surface area contributed by atoms with Gasteiger partial charge in [0.15, 0.2) is 5.69 Å². The first-order chi connectivity index (χ1) is 27.2. The molecule has 0 radical (unpaired) electrons. The molecule has 3 aromatic heterocycles. The number of fused-ring (bicyclic) bond motifs is 9. The lowest BCUT2D eigenvalue weighted by Crippen LogP contribution is -2.02. The van der Waals surface area contributed by atoms with Crippen LogP contribution >= 0.6 is 0 Å². The van der Waals surface area contributed by atoms with Crippen LogP contribution in [0.4, 0.5) is 5.69 Å². The van der Waals surface area contributed by atoms with Gasteiger partial charge >= 0.3 is 0 Å². The van der Waals surface area contributed by atoms with Crippen molar-refractivity contribution in [2.45, 2.75) is 0 Å². The summed E-state index contributed by atoms with van der Waals surface area (Å²) in [5, 5.41) is 17.9. The number of para-hydroxylation sites is 5. The highest BCUT2D eigenvalue weighted by atomic mass is 15.0. The number of aromatic nitrogens is 3. The Morgan fingerprint density at radius 3 is 1.51 bits per heavy atom. The van der Waals surface area contributed by atoms with Crippen molar-refractivity contribution < 1.29 is 0 Å². The molecule has 55 heavy (non-hydrogen) atoms. The summed E-state index contributed by atoms with van der Waals surface area (Å²) in [6.45, 7) is 7.74. The van der Waals surface area contributed by atoms with Crippen LogP contribution in [0.3, 0.4) is 0 Å². The Balaban J connectivity index is 1.20. The second kappa shape index (κ2) is 11.8. The molecule has 0 aliphatic carbocycles. The summed E-state index contributed by atoms with van der Waals surface area (Å²) in [6, 6.07) is 63.7. The minimum Gasteiger partial charge on any atom is -0.309 e. The molecule has 254 valence electrons. The molecule has 5 nitrogen and oxygen atoms in total. The van der Waals surface area contributed by atoms with E-state index in [9.17, 15) is 5.26 Å². The molecule has 0 amide bonds. The van der Waals surface area contributed by atoms with Gasteiger partial charge in [0.1, 0.15) is 6.07 Å². The van der Waals surface area contributed by atoms with E-state index in [0.717, 1.165) is 82.8 Å². The fraction of sp³-hybridized carbons (Fsp3) is 0. The number of rotatable bonds is 4. The van der Waals surface area contributed by atoms with Gasteiger partial charge in [0.25, 0.3) is 0 Å². The molecule has 0 aliphatic heterocycles. The van der Waals surface area contributed by atoms with Crippen molar-refractivity contribution in [2.75, 3.05) is 0 Å². The van der Waals surface area contributed by atoms with Crippen molar-refractivity contribution in [1.29, 1.82) is 5.26 Å². The van der Waals surface area contributed by atoms with Crippen LogP contribution in [-0.4, -0.2) is 13.7 Å². The van der Waals surface area contributed by atoms with E-state index in [1.807, 2.05) is 48.5 Å². The van der Waals surface area contributed by atoms with E-state index in [1.54, 1.807) is 0 Å². The fourth-order valence-corrected chi connectivity index (χ4v) is 8.88. The molecule has 8 aromatic carbocycles. The molecule has 0 atom stereocenters. The van der Waals surface area contributed by atoms with Gasteiger partial charge in [0.05, 0.1) is 56.8 Å². The van der Waals surface area contributed by atoms with Crippen LogP contribution in [0.5, 0.6) is 0 Å². The highest BCUT2D eigenvalue weighted by molar-refractivity contribution is 6.17. The quantitative estimate of drug-likeness (QED) is 0.169. The van der Waals surface area contributed by atoms with Crippen molar-refractivity contribution in [1.82, 2.24) is 13.7 Å². The molecule has 0 spiro atoms. The van der Waals surface area contributed by atoms with Gasteiger partial charge in [-0.2, -0.15) is 5.26 Å². The zero-order valence-electron chi connectivity index (χ0n) is 29.5. The zero-order chi connectivity index (χ0) is 36.6. The Hall–Kier alpha value is -7.86. The highest BCUT2D eigenvalue weighted by Gasteiger charge is 2.23. The first kappa shape index (κ1) is 30.7. The van der Waals surface area contributed by atoms with Crippen LogP contribution in [0, 0.1) is 17.9 Å². The van der Waals surface area contributed by atoms with Crippen LogP contribution in [-0.2, 0) is 0 Å². The van der Waals surface area contributed by atoms with Gasteiger partial charge in [-0.25, -0.2) is 4.85 Å². The summed E-state index contributed by atoms with van der Waals surface area (Å²) in [5.74, 6) is 0. The fourth-order valence-electron chi connectivity index (χ4n) is 8.88. The largest absolute Gasteiger partial charge is 0.309 e. The Kier molecular flexibility index (Phi) is 6.61. The van der Waals surface area contributed by atoms with E-state index in [0.29, 0.717) is 11.3 Å². The van der Waals surface area contributed by atoms with E-state index < -0.39 is 0 Å². The zero-order valence-corrected chi connectivity index (χ0v) is 29.5. The summed E-state index contributed by atoms with van der Waals surface area (Å²) in [6.07, 6.45) is 0. The van der Waals surface area contributed by atoms with Gasteiger partial charge in [-0.3, -0.25) is 0 Å². The maximum absolute atomic E-state index is 11.1. The third-order valence-corrected chi connectivity index (χ3v) is 11.1. The van der Waals surface area contributed by atoms with E-state index in [4.69, 9.17) is 6.57 Å². The SMILES string of the molecule is [C-]#[N+]c1ccc2c3ccccc3n(-c3cccc(-c4ccccc4-n4c5ccccc5c5c(-n6c7ccccc7c7ccccc76)cccc54)c3C#N)c2c1. The maximum Gasteiger partial charge on any atom is 0.189 e. The highest BCUT2D eigenvalue weighted by Crippen LogP contribution is 2.43.